The van der Waals surface area contributed by atoms with Crippen LogP contribution >= 0.6 is 11.8 Å². The average molecular weight is 129 g/mol. The molecular formula is C6H11NS. The number of aliphatic imine (C=N–C) groups is 1. The molecule has 0 saturated heterocycles. The smallest absolute Gasteiger partial charge is 0.0593 e. The van der Waals surface area contributed by atoms with Gasteiger partial charge < -0.3 is 0 Å². The molecule has 0 aromatic carbocycles. The maximum atomic E-state index is 3.94. The van der Waals surface area contributed by atoms with E-state index < -0.39 is 0 Å². The molecule has 0 N–H and O–H groups in total. The molecule has 0 spiro atoms. The van der Waals surface area contributed by atoms with Crippen LogP contribution in [0.15, 0.2) is 17.3 Å². The van der Waals surface area contributed by atoms with E-state index in [0.717, 1.165) is 6.42 Å². The Bertz CT molecular complexity index is 74.5. The largest absolute Gasteiger partial charge is 0.258 e. The van der Waals surface area contributed by atoms with E-state index in [9.17, 15) is 0 Å². The summed E-state index contributed by atoms with van der Waals surface area (Å²) in [6, 6.07) is 0. The number of allylic oxidation sites excluding steroid dienone is 1. The van der Waals surface area contributed by atoms with Crippen LogP contribution in [0.4, 0.5) is 0 Å². The summed E-state index contributed by atoms with van der Waals surface area (Å²) in [4.78, 5) is 3.94. The van der Waals surface area contributed by atoms with Gasteiger partial charge in [-0.15, -0.1) is 11.8 Å². The molecule has 46 valence electrons. The Morgan fingerprint density at radius 1 is 1.62 bits per heavy atom. The second kappa shape index (κ2) is 6.76. The summed E-state index contributed by atoms with van der Waals surface area (Å²) >= 11 is 1.61. The summed E-state index contributed by atoms with van der Waals surface area (Å²) in [5, 5.41) is 0. The number of nitrogens with zero attached hydrogens (tertiary/aromatic N) is 1. The molecule has 0 radical (unpaired) electrons. The van der Waals surface area contributed by atoms with Gasteiger partial charge in [0.1, 0.15) is 0 Å². The van der Waals surface area contributed by atoms with Crippen molar-refractivity contribution >= 4 is 17.3 Å². The first-order valence-corrected chi connectivity index (χ1v) is 3.90. The standard InChI is InChI=1S/C6H11NS/c1-3-4-5-7-6-8-2/h4-6H,3H2,1-2H3/b5-4+,7-6?. The van der Waals surface area contributed by atoms with Gasteiger partial charge in [0.15, 0.2) is 0 Å². The molecule has 0 saturated carbocycles. The van der Waals surface area contributed by atoms with Crippen LogP contribution in [0, 0.1) is 0 Å². The molecule has 0 rings (SSSR count). The van der Waals surface area contributed by atoms with E-state index in [1.54, 1.807) is 11.8 Å². The first-order valence-electron chi connectivity index (χ1n) is 2.61. The van der Waals surface area contributed by atoms with E-state index in [0.29, 0.717) is 0 Å². The van der Waals surface area contributed by atoms with Crippen LogP contribution in [0.5, 0.6) is 0 Å². The lowest BCUT2D eigenvalue weighted by Crippen LogP contribution is -1.56. The van der Waals surface area contributed by atoms with E-state index in [1.807, 2.05) is 24.1 Å². The second-order valence-corrected chi connectivity index (χ2v) is 1.97. The van der Waals surface area contributed by atoms with Crippen molar-refractivity contribution in [2.24, 2.45) is 4.99 Å². The maximum absolute atomic E-state index is 3.94. The fourth-order valence-corrected chi connectivity index (χ4v) is 0.454. The van der Waals surface area contributed by atoms with Crippen LogP contribution in [-0.2, 0) is 0 Å². The van der Waals surface area contributed by atoms with E-state index in [4.69, 9.17) is 0 Å². The lowest BCUT2D eigenvalue weighted by molar-refractivity contribution is 1.21. The molecular weight excluding hydrogens is 118 g/mol. The van der Waals surface area contributed by atoms with Crippen molar-refractivity contribution in [1.82, 2.24) is 0 Å². The summed E-state index contributed by atoms with van der Waals surface area (Å²) < 4.78 is 0. The van der Waals surface area contributed by atoms with E-state index in [-0.39, 0.29) is 0 Å². The lowest BCUT2D eigenvalue weighted by Gasteiger charge is -1.74. The number of rotatable bonds is 3. The molecule has 0 bridgehead atoms. The Balaban J connectivity index is 3.13. The molecule has 0 fully saturated rings. The van der Waals surface area contributed by atoms with Crippen molar-refractivity contribution in [2.75, 3.05) is 6.26 Å². The van der Waals surface area contributed by atoms with Crippen LogP contribution in [0.2, 0.25) is 0 Å². The normalized spacial score (nSPS) is 11.8. The number of thioether (sulfide) groups is 1. The predicted octanol–water partition coefficient (Wildman–Crippen LogP) is 2.30. The summed E-state index contributed by atoms with van der Waals surface area (Å²) in [7, 11) is 0. The van der Waals surface area contributed by atoms with E-state index in [2.05, 4.69) is 11.9 Å². The lowest BCUT2D eigenvalue weighted by atomic mass is 10.5. The molecule has 0 aliphatic heterocycles. The highest BCUT2D eigenvalue weighted by Gasteiger charge is 1.62. The highest BCUT2D eigenvalue weighted by atomic mass is 32.2. The Kier molecular flexibility index (Phi) is 6.56. The van der Waals surface area contributed by atoms with Crippen LogP contribution in [0.1, 0.15) is 13.3 Å². The summed E-state index contributed by atoms with van der Waals surface area (Å²) in [6.45, 7) is 2.09. The monoisotopic (exact) mass is 129 g/mol. The van der Waals surface area contributed by atoms with Gasteiger partial charge in [-0.05, 0) is 12.7 Å². The predicted molar refractivity (Wildman–Crippen MR) is 41.4 cm³/mol. The summed E-state index contributed by atoms with van der Waals surface area (Å²) in [6.07, 6.45) is 6.89. The van der Waals surface area contributed by atoms with E-state index >= 15 is 0 Å². The minimum absolute atomic E-state index is 1.06. The molecule has 8 heavy (non-hydrogen) atoms. The van der Waals surface area contributed by atoms with Gasteiger partial charge in [-0.1, -0.05) is 13.0 Å². The first-order chi connectivity index (χ1) is 3.91. The molecule has 2 heteroatoms. The maximum Gasteiger partial charge on any atom is 0.0593 e. The molecule has 0 heterocycles. The van der Waals surface area contributed by atoms with Crippen LogP contribution < -0.4 is 0 Å². The fraction of sp³-hybridized carbons (Fsp3) is 0.500. The Hall–Kier alpha value is -0.240. The van der Waals surface area contributed by atoms with Crippen LogP contribution in [0.25, 0.3) is 0 Å². The van der Waals surface area contributed by atoms with Gasteiger partial charge in [0.25, 0.3) is 0 Å². The Labute approximate surface area is 54.9 Å². The molecule has 1 nitrogen and oxygen atoms in total. The zero-order valence-corrected chi connectivity index (χ0v) is 6.11. The highest BCUT2D eigenvalue weighted by Crippen LogP contribution is 1.85. The zero-order chi connectivity index (χ0) is 6.24. The third kappa shape index (κ3) is 5.76. The molecule has 0 aromatic heterocycles. The number of hydrogen-bond acceptors (Lipinski definition) is 2. The molecule has 0 amide bonds. The molecule has 0 unspecified atom stereocenters. The average Bonchev–Trinajstić information content (AvgIpc) is 1.81. The van der Waals surface area contributed by atoms with Gasteiger partial charge in [-0.3, -0.25) is 4.99 Å². The Morgan fingerprint density at radius 3 is 2.88 bits per heavy atom. The van der Waals surface area contributed by atoms with Crippen molar-refractivity contribution in [3.8, 4) is 0 Å². The van der Waals surface area contributed by atoms with Crippen molar-refractivity contribution < 1.29 is 0 Å². The van der Waals surface area contributed by atoms with Gasteiger partial charge in [0.05, 0.1) is 5.55 Å². The van der Waals surface area contributed by atoms with Gasteiger partial charge in [-0.2, -0.15) is 0 Å². The Morgan fingerprint density at radius 2 is 2.38 bits per heavy atom. The van der Waals surface area contributed by atoms with Crippen molar-refractivity contribution in [1.29, 1.82) is 0 Å². The molecule has 0 aromatic rings. The highest BCUT2D eigenvalue weighted by molar-refractivity contribution is 8.11. The second-order valence-electron chi connectivity index (χ2n) is 1.28. The third-order valence-electron chi connectivity index (χ3n) is 0.593. The quantitative estimate of drug-likeness (QED) is 0.420. The van der Waals surface area contributed by atoms with Crippen LogP contribution in [0.3, 0.4) is 0 Å². The minimum atomic E-state index is 1.06. The third-order valence-corrected chi connectivity index (χ3v) is 0.926. The first kappa shape index (κ1) is 7.76. The van der Waals surface area contributed by atoms with Crippen LogP contribution in [-0.4, -0.2) is 11.8 Å². The minimum Gasteiger partial charge on any atom is -0.258 e. The number of hydrogen-bond donors (Lipinski definition) is 0. The summed E-state index contributed by atoms with van der Waals surface area (Å²) in [5.74, 6) is 0. The van der Waals surface area contributed by atoms with E-state index in [1.165, 1.54) is 0 Å². The van der Waals surface area contributed by atoms with Crippen molar-refractivity contribution in [3.63, 3.8) is 0 Å². The van der Waals surface area contributed by atoms with Gasteiger partial charge in [-0.25, -0.2) is 0 Å². The van der Waals surface area contributed by atoms with Crippen molar-refractivity contribution in [3.05, 3.63) is 12.3 Å². The van der Waals surface area contributed by atoms with Gasteiger partial charge in [0.2, 0.25) is 0 Å². The topological polar surface area (TPSA) is 12.4 Å². The molecule has 0 atom stereocenters. The van der Waals surface area contributed by atoms with Gasteiger partial charge >= 0.3 is 0 Å². The zero-order valence-electron chi connectivity index (χ0n) is 5.29. The molecule has 0 aliphatic rings. The molecule has 0 aliphatic carbocycles. The van der Waals surface area contributed by atoms with Gasteiger partial charge in [0, 0.05) is 6.20 Å². The van der Waals surface area contributed by atoms with Crippen molar-refractivity contribution in [2.45, 2.75) is 13.3 Å². The summed E-state index contributed by atoms with van der Waals surface area (Å²) in [5.41, 5.74) is 1.81. The fourth-order valence-electron chi connectivity index (χ4n) is 0.262. The SMILES string of the molecule is CC/C=C/N=CSC.